The van der Waals surface area contributed by atoms with Gasteiger partial charge in [-0.15, -0.1) is 0 Å². The van der Waals surface area contributed by atoms with Crippen LogP contribution in [-0.4, -0.2) is 73.3 Å². The van der Waals surface area contributed by atoms with E-state index < -0.39 is 48.3 Å². The van der Waals surface area contributed by atoms with E-state index in [0.29, 0.717) is 32.2 Å². The van der Waals surface area contributed by atoms with Gasteiger partial charge in [-0.2, -0.15) is 0 Å². The Kier molecular flexibility index (Phi) is 16.2. The summed E-state index contributed by atoms with van der Waals surface area (Å²) in [5.41, 5.74) is 21.3. The van der Waals surface area contributed by atoms with E-state index in [9.17, 15) is 24.0 Å². The Hall–Kier alpha value is -3.42. The van der Waals surface area contributed by atoms with Gasteiger partial charge in [0.15, 0.2) is 5.96 Å². The lowest BCUT2D eigenvalue weighted by Gasteiger charge is -2.27. The molecule has 5 amide bonds. The van der Waals surface area contributed by atoms with Gasteiger partial charge in [-0.25, -0.2) is 0 Å². The van der Waals surface area contributed by atoms with Crippen LogP contribution in [0.2, 0.25) is 0 Å². The summed E-state index contributed by atoms with van der Waals surface area (Å²) in [6.45, 7) is 5.25. The first kappa shape index (κ1) is 32.6. The predicted octanol–water partition coefficient (Wildman–Crippen LogP) is -2.71. The summed E-state index contributed by atoms with van der Waals surface area (Å²) in [6.07, 6.45) is 2.59. The van der Waals surface area contributed by atoms with Gasteiger partial charge in [0.05, 0.1) is 6.54 Å². The highest BCUT2D eigenvalue weighted by Gasteiger charge is 2.31. The lowest BCUT2D eigenvalue weighted by atomic mass is 9.97. The summed E-state index contributed by atoms with van der Waals surface area (Å²) >= 11 is 0. The molecule has 14 nitrogen and oxygen atoms in total. The Labute approximate surface area is 212 Å². The highest BCUT2D eigenvalue weighted by atomic mass is 16.2. The Balaban J connectivity index is 5.61. The molecule has 14 heteroatoms. The van der Waals surface area contributed by atoms with Crippen molar-refractivity contribution in [1.82, 2.24) is 21.3 Å². The SMILES string of the molecule is CC[C@H](C)[C@H](NC(C)=O)C(=O)N[C@@H](CCCCN)C(=O)N[C@@H](CCCN=C(N)N)C(=O)NCC(N)=O. The molecule has 0 saturated heterocycles. The van der Waals surface area contributed by atoms with Crippen LogP contribution in [0.25, 0.3) is 0 Å². The third kappa shape index (κ3) is 14.1. The van der Waals surface area contributed by atoms with E-state index >= 15 is 0 Å². The molecule has 4 atom stereocenters. The highest BCUT2D eigenvalue weighted by molar-refractivity contribution is 5.94. The lowest BCUT2D eigenvalue weighted by Crippen LogP contribution is -2.58. The van der Waals surface area contributed by atoms with Crippen molar-refractivity contribution >= 4 is 35.5 Å². The molecule has 0 aliphatic heterocycles. The first-order valence-corrected chi connectivity index (χ1v) is 12.1. The molecular formula is C22H43N9O5. The molecular weight excluding hydrogens is 470 g/mol. The van der Waals surface area contributed by atoms with Crippen molar-refractivity contribution in [3.63, 3.8) is 0 Å². The molecule has 206 valence electrons. The molecule has 36 heavy (non-hydrogen) atoms. The number of carbonyl (C=O) groups is 5. The van der Waals surface area contributed by atoms with E-state index in [1.54, 1.807) is 0 Å². The fourth-order valence-electron chi connectivity index (χ4n) is 3.29. The van der Waals surface area contributed by atoms with Crippen molar-refractivity contribution in [1.29, 1.82) is 0 Å². The van der Waals surface area contributed by atoms with Gasteiger partial charge in [-0.1, -0.05) is 20.3 Å². The number of amides is 5. The summed E-state index contributed by atoms with van der Waals surface area (Å²) < 4.78 is 0. The van der Waals surface area contributed by atoms with Gasteiger partial charge in [-0.05, 0) is 44.6 Å². The zero-order chi connectivity index (χ0) is 27.7. The minimum Gasteiger partial charge on any atom is -0.370 e. The van der Waals surface area contributed by atoms with Crippen LogP contribution < -0.4 is 44.2 Å². The number of hydrogen-bond donors (Lipinski definition) is 8. The molecule has 0 aliphatic rings. The minimum atomic E-state index is -1.03. The van der Waals surface area contributed by atoms with Gasteiger partial charge in [0.1, 0.15) is 18.1 Å². The third-order valence-electron chi connectivity index (χ3n) is 5.45. The van der Waals surface area contributed by atoms with E-state index in [1.165, 1.54) is 6.92 Å². The van der Waals surface area contributed by atoms with Crippen LogP contribution in [-0.2, 0) is 24.0 Å². The second-order valence-electron chi connectivity index (χ2n) is 8.60. The van der Waals surface area contributed by atoms with Crippen LogP contribution in [0.5, 0.6) is 0 Å². The van der Waals surface area contributed by atoms with Crippen LogP contribution in [0.4, 0.5) is 0 Å². The molecule has 0 fully saturated rings. The van der Waals surface area contributed by atoms with E-state index in [-0.39, 0.29) is 37.2 Å². The number of guanidine groups is 1. The van der Waals surface area contributed by atoms with Crippen molar-refractivity contribution < 1.29 is 24.0 Å². The second kappa shape index (κ2) is 17.9. The highest BCUT2D eigenvalue weighted by Crippen LogP contribution is 2.10. The molecule has 0 rings (SSSR count). The van der Waals surface area contributed by atoms with Gasteiger partial charge in [0.25, 0.3) is 0 Å². The van der Waals surface area contributed by atoms with Crippen LogP contribution in [0, 0.1) is 5.92 Å². The zero-order valence-corrected chi connectivity index (χ0v) is 21.5. The maximum absolute atomic E-state index is 13.2. The first-order chi connectivity index (χ1) is 16.9. The summed E-state index contributed by atoms with van der Waals surface area (Å²) in [6, 6.07) is -2.83. The smallest absolute Gasteiger partial charge is 0.243 e. The largest absolute Gasteiger partial charge is 0.370 e. The van der Waals surface area contributed by atoms with Crippen molar-refractivity contribution in [2.45, 2.75) is 77.4 Å². The van der Waals surface area contributed by atoms with Crippen molar-refractivity contribution in [3.8, 4) is 0 Å². The quantitative estimate of drug-likeness (QED) is 0.0542. The summed E-state index contributed by atoms with van der Waals surface area (Å²) in [7, 11) is 0. The van der Waals surface area contributed by atoms with Crippen LogP contribution >= 0.6 is 0 Å². The fourth-order valence-corrected chi connectivity index (χ4v) is 3.29. The zero-order valence-electron chi connectivity index (χ0n) is 21.5. The van der Waals surface area contributed by atoms with Crippen molar-refractivity contribution in [3.05, 3.63) is 0 Å². The first-order valence-electron chi connectivity index (χ1n) is 12.1. The van der Waals surface area contributed by atoms with Gasteiger partial charge < -0.3 is 44.2 Å². The molecule has 0 radical (unpaired) electrons. The minimum absolute atomic E-state index is 0.105. The molecule has 0 unspecified atom stereocenters. The predicted molar refractivity (Wildman–Crippen MR) is 136 cm³/mol. The number of primary amides is 1. The molecule has 12 N–H and O–H groups in total. The van der Waals surface area contributed by atoms with Crippen LogP contribution in [0.1, 0.15) is 59.3 Å². The van der Waals surface area contributed by atoms with Crippen molar-refractivity contribution in [2.75, 3.05) is 19.6 Å². The summed E-state index contributed by atoms with van der Waals surface area (Å²) in [5.74, 6) is -3.10. The number of aliphatic imine (C=N–C) groups is 1. The molecule has 0 aromatic carbocycles. The number of nitrogens with one attached hydrogen (secondary N) is 4. The topological polar surface area (TPSA) is 250 Å². The molecule has 0 saturated carbocycles. The Morgan fingerprint density at radius 3 is 1.94 bits per heavy atom. The second-order valence-corrected chi connectivity index (χ2v) is 8.60. The lowest BCUT2D eigenvalue weighted by molar-refractivity contribution is -0.134. The summed E-state index contributed by atoms with van der Waals surface area (Å²) in [4.78, 5) is 65.3. The normalized spacial score (nSPS) is 13.9. The standard InChI is InChI=1S/C22H43N9O5/c1-4-13(2)18(29-14(3)32)21(36)31-16(8-5-6-10-23)20(35)30-15(9-7-11-27-22(25)26)19(34)28-12-17(24)33/h13,15-16,18H,4-12,23H2,1-3H3,(H2,24,33)(H,28,34)(H,29,32)(H,30,35)(H,31,36)(H4,25,26,27)/t13-,15-,16-,18-/m0/s1. The van der Waals surface area contributed by atoms with Crippen molar-refractivity contribution in [2.24, 2.45) is 33.8 Å². The number of hydrogen-bond acceptors (Lipinski definition) is 7. The van der Waals surface area contributed by atoms with E-state index in [0.717, 1.165) is 0 Å². The van der Waals surface area contributed by atoms with Gasteiger partial charge in [0.2, 0.25) is 29.5 Å². The van der Waals surface area contributed by atoms with Gasteiger partial charge >= 0.3 is 0 Å². The van der Waals surface area contributed by atoms with Crippen LogP contribution in [0.15, 0.2) is 4.99 Å². The summed E-state index contributed by atoms with van der Waals surface area (Å²) in [5, 5.41) is 10.3. The van der Waals surface area contributed by atoms with Gasteiger partial charge in [0, 0.05) is 13.5 Å². The van der Waals surface area contributed by atoms with Crippen LogP contribution in [0.3, 0.4) is 0 Å². The average Bonchev–Trinajstić information content (AvgIpc) is 2.81. The number of rotatable bonds is 18. The molecule has 0 heterocycles. The Morgan fingerprint density at radius 1 is 0.833 bits per heavy atom. The maximum Gasteiger partial charge on any atom is 0.243 e. The van der Waals surface area contributed by atoms with E-state index in [2.05, 4.69) is 26.3 Å². The average molecular weight is 514 g/mol. The van der Waals surface area contributed by atoms with E-state index in [1.807, 2.05) is 13.8 Å². The third-order valence-corrected chi connectivity index (χ3v) is 5.45. The number of unbranched alkanes of at least 4 members (excludes halogenated alkanes) is 1. The fraction of sp³-hybridized carbons (Fsp3) is 0.727. The van der Waals surface area contributed by atoms with E-state index in [4.69, 9.17) is 22.9 Å². The number of carbonyl (C=O) groups excluding carboxylic acids is 5. The molecule has 0 aliphatic carbocycles. The molecule has 0 spiro atoms. The molecule has 0 bridgehead atoms. The number of nitrogens with zero attached hydrogens (tertiary/aromatic N) is 1. The number of nitrogens with two attached hydrogens (primary N) is 4. The van der Waals surface area contributed by atoms with Gasteiger partial charge in [-0.3, -0.25) is 29.0 Å². The molecule has 0 aromatic rings. The Bertz CT molecular complexity index is 771. The Morgan fingerprint density at radius 2 is 1.42 bits per heavy atom. The maximum atomic E-state index is 13.2. The monoisotopic (exact) mass is 513 g/mol. The molecule has 0 aromatic heterocycles.